The molecule has 2 rings (SSSR count). The molecule has 112 valence electrons. The lowest BCUT2D eigenvalue weighted by Crippen LogP contribution is -2.28. The Balaban J connectivity index is 2.12. The highest BCUT2D eigenvalue weighted by atomic mass is 32.2. The first-order chi connectivity index (χ1) is 10.0. The minimum Gasteiger partial charge on any atom is -0.323 e. The second-order valence-corrected chi connectivity index (χ2v) is 6.54. The lowest BCUT2D eigenvalue weighted by molar-refractivity contribution is 0.575. The minimum absolute atomic E-state index is 0.0824. The van der Waals surface area contributed by atoms with Gasteiger partial charge in [-0.05, 0) is 23.6 Å². The maximum absolute atomic E-state index is 12.3. The van der Waals surface area contributed by atoms with Crippen molar-refractivity contribution in [3.05, 3.63) is 60.2 Å². The van der Waals surface area contributed by atoms with Gasteiger partial charge in [0.05, 0.1) is 5.69 Å². The molecule has 2 aromatic rings. The molecule has 1 atom stereocenters. The Bertz CT molecular complexity index is 687. The topological polar surface area (TPSA) is 84.2 Å². The smallest absolute Gasteiger partial charge is 0.242 e. The third-order valence-electron chi connectivity index (χ3n) is 3.28. The largest absolute Gasteiger partial charge is 0.323 e. The highest BCUT2D eigenvalue weighted by Crippen LogP contribution is 2.20. The number of sulfonamides is 1. The van der Waals surface area contributed by atoms with Crippen LogP contribution in [0.1, 0.15) is 18.4 Å². The van der Waals surface area contributed by atoms with Gasteiger partial charge in [0, 0.05) is 6.54 Å². The molecule has 0 heterocycles. The number of benzene rings is 2. The number of nitrogens with one attached hydrogen (secondary N) is 2. The Morgan fingerprint density at radius 2 is 1.67 bits per heavy atom. The fraction of sp³-hybridized carbons (Fsp3) is 0.200. The summed E-state index contributed by atoms with van der Waals surface area (Å²) in [5, 5.41) is 0. The normalized spacial score (nSPS) is 12.9. The molecule has 0 fully saturated rings. The molecule has 0 radical (unpaired) electrons. The van der Waals surface area contributed by atoms with E-state index in [0.29, 0.717) is 12.2 Å². The van der Waals surface area contributed by atoms with Crippen LogP contribution in [-0.4, -0.2) is 15.0 Å². The summed E-state index contributed by atoms with van der Waals surface area (Å²) in [5.74, 6) is 5.43. The molecule has 2 aromatic carbocycles. The quantitative estimate of drug-likeness (QED) is 0.563. The molecule has 21 heavy (non-hydrogen) atoms. The first-order valence-electron chi connectivity index (χ1n) is 6.65. The Labute approximate surface area is 125 Å². The number of hydrogen-bond donors (Lipinski definition) is 3. The summed E-state index contributed by atoms with van der Waals surface area (Å²) in [5.41, 5.74) is 3.86. The van der Waals surface area contributed by atoms with Gasteiger partial charge in [-0.3, -0.25) is 5.84 Å². The van der Waals surface area contributed by atoms with Crippen molar-refractivity contribution in [2.45, 2.75) is 17.7 Å². The van der Waals surface area contributed by atoms with E-state index in [1.807, 2.05) is 37.3 Å². The number of hydrazine groups is 1. The molecule has 0 saturated heterocycles. The van der Waals surface area contributed by atoms with E-state index in [1.54, 1.807) is 18.2 Å². The van der Waals surface area contributed by atoms with Gasteiger partial charge in [-0.1, -0.05) is 49.4 Å². The van der Waals surface area contributed by atoms with Crippen LogP contribution in [0.5, 0.6) is 0 Å². The van der Waals surface area contributed by atoms with Gasteiger partial charge >= 0.3 is 0 Å². The highest BCUT2D eigenvalue weighted by molar-refractivity contribution is 7.89. The molecular formula is C15H19N3O2S. The maximum Gasteiger partial charge on any atom is 0.242 e. The second kappa shape index (κ2) is 6.71. The van der Waals surface area contributed by atoms with Crippen LogP contribution in [-0.2, 0) is 10.0 Å². The van der Waals surface area contributed by atoms with Gasteiger partial charge in [0.1, 0.15) is 4.90 Å². The molecule has 0 aliphatic carbocycles. The van der Waals surface area contributed by atoms with E-state index in [4.69, 9.17) is 5.84 Å². The molecule has 0 spiro atoms. The van der Waals surface area contributed by atoms with Gasteiger partial charge < -0.3 is 5.43 Å². The van der Waals surface area contributed by atoms with Crippen LogP contribution in [0.4, 0.5) is 5.69 Å². The van der Waals surface area contributed by atoms with Gasteiger partial charge in [-0.25, -0.2) is 13.1 Å². The number of nitrogens with two attached hydrogens (primary N) is 1. The summed E-state index contributed by atoms with van der Waals surface area (Å²) in [6.07, 6.45) is 0. The minimum atomic E-state index is -3.60. The van der Waals surface area contributed by atoms with E-state index < -0.39 is 10.0 Å². The van der Waals surface area contributed by atoms with Crippen LogP contribution >= 0.6 is 0 Å². The lowest BCUT2D eigenvalue weighted by atomic mass is 10.0. The fourth-order valence-corrected chi connectivity index (χ4v) is 3.33. The van der Waals surface area contributed by atoms with Crippen LogP contribution in [0.2, 0.25) is 0 Å². The predicted molar refractivity (Wildman–Crippen MR) is 84.3 cm³/mol. The van der Waals surface area contributed by atoms with Crippen molar-refractivity contribution in [3.63, 3.8) is 0 Å². The fourth-order valence-electron chi connectivity index (χ4n) is 2.03. The average Bonchev–Trinajstić information content (AvgIpc) is 2.53. The van der Waals surface area contributed by atoms with Crippen molar-refractivity contribution in [1.29, 1.82) is 0 Å². The van der Waals surface area contributed by atoms with Gasteiger partial charge in [0.2, 0.25) is 10.0 Å². The summed E-state index contributed by atoms with van der Waals surface area (Å²) >= 11 is 0. The van der Waals surface area contributed by atoms with Crippen molar-refractivity contribution in [1.82, 2.24) is 4.72 Å². The zero-order chi connectivity index (χ0) is 15.3. The van der Waals surface area contributed by atoms with Gasteiger partial charge in [-0.15, -0.1) is 0 Å². The van der Waals surface area contributed by atoms with Crippen molar-refractivity contribution in [2.24, 2.45) is 5.84 Å². The summed E-state index contributed by atoms with van der Waals surface area (Å²) < 4.78 is 27.3. The molecule has 1 unspecified atom stereocenters. The summed E-state index contributed by atoms with van der Waals surface area (Å²) in [6, 6.07) is 16.3. The third kappa shape index (κ3) is 3.81. The third-order valence-corrected chi connectivity index (χ3v) is 4.76. The van der Waals surface area contributed by atoms with Crippen LogP contribution in [0.3, 0.4) is 0 Å². The van der Waals surface area contributed by atoms with Crippen molar-refractivity contribution < 1.29 is 8.42 Å². The van der Waals surface area contributed by atoms with Crippen molar-refractivity contribution in [2.75, 3.05) is 12.0 Å². The maximum atomic E-state index is 12.3. The zero-order valence-corrected chi connectivity index (χ0v) is 12.6. The molecular weight excluding hydrogens is 286 g/mol. The second-order valence-electron chi connectivity index (χ2n) is 4.80. The van der Waals surface area contributed by atoms with E-state index in [9.17, 15) is 8.42 Å². The Morgan fingerprint density at radius 1 is 1.05 bits per heavy atom. The first-order valence-corrected chi connectivity index (χ1v) is 8.13. The summed E-state index contributed by atoms with van der Waals surface area (Å²) in [4.78, 5) is 0.146. The Kier molecular flexibility index (Phi) is 4.95. The molecule has 0 saturated carbocycles. The van der Waals surface area contributed by atoms with Gasteiger partial charge in [-0.2, -0.15) is 0 Å². The average molecular weight is 305 g/mol. The zero-order valence-electron chi connectivity index (χ0n) is 11.8. The highest BCUT2D eigenvalue weighted by Gasteiger charge is 2.18. The molecule has 5 nitrogen and oxygen atoms in total. The standard InChI is InChI=1S/C15H19N3O2S/c1-12(13-7-3-2-4-8-13)11-17-21(19,20)15-10-6-5-9-14(15)18-16/h2-10,12,17-18H,11,16H2,1H3. The van der Waals surface area contributed by atoms with E-state index >= 15 is 0 Å². The Hall–Kier alpha value is -1.89. The molecule has 4 N–H and O–H groups in total. The van der Waals surface area contributed by atoms with Gasteiger partial charge in [0.25, 0.3) is 0 Å². The van der Waals surface area contributed by atoms with Gasteiger partial charge in [0.15, 0.2) is 0 Å². The number of rotatable bonds is 6. The van der Waals surface area contributed by atoms with Crippen molar-refractivity contribution in [3.8, 4) is 0 Å². The molecule has 6 heteroatoms. The first kappa shape index (κ1) is 15.5. The molecule has 0 aromatic heterocycles. The number of para-hydroxylation sites is 1. The van der Waals surface area contributed by atoms with Crippen LogP contribution in [0.25, 0.3) is 0 Å². The summed E-state index contributed by atoms with van der Waals surface area (Å²) in [6.45, 7) is 2.30. The van der Waals surface area contributed by atoms with Crippen LogP contribution < -0.4 is 16.0 Å². The molecule has 0 bridgehead atoms. The van der Waals surface area contributed by atoms with E-state index in [1.165, 1.54) is 6.07 Å². The van der Waals surface area contributed by atoms with Crippen molar-refractivity contribution >= 4 is 15.7 Å². The lowest BCUT2D eigenvalue weighted by Gasteiger charge is -2.15. The molecule has 0 amide bonds. The number of nitrogen functional groups attached to an aromatic ring is 1. The Morgan fingerprint density at radius 3 is 2.33 bits per heavy atom. The number of hydrogen-bond acceptors (Lipinski definition) is 4. The summed E-state index contributed by atoms with van der Waals surface area (Å²) in [7, 11) is -3.60. The van der Waals surface area contributed by atoms with E-state index in [-0.39, 0.29) is 10.8 Å². The van der Waals surface area contributed by atoms with E-state index in [2.05, 4.69) is 10.1 Å². The molecule has 0 aliphatic heterocycles. The SMILES string of the molecule is CC(CNS(=O)(=O)c1ccccc1NN)c1ccccc1. The van der Waals surface area contributed by atoms with E-state index in [0.717, 1.165) is 5.56 Å². The predicted octanol–water partition coefficient (Wildman–Crippen LogP) is 2.05. The number of anilines is 1. The monoisotopic (exact) mass is 305 g/mol. The molecule has 0 aliphatic rings. The van der Waals surface area contributed by atoms with Crippen LogP contribution in [0.15, 0.2) is 59.5 Å². The van der Waals surface area contributed by atoms with Crippen LogP contribution in [0, 0.1) is 0 Å².